The zero-order valence-electron chi connectivity index (χ0n) is 12.8. The van der Waals surface area contributed by atoms with Crippen molar-refractivity contribution in [2.45, 2.75) is 0 Å². The molecule has 0 atom stereocenters. The Hall–Kier alpha value is -1.48. The van der Waals surface area contributed by atoms with Gasteiger partial charge in [-0.1, -0.05) is 11.6 Å². The van der Waals surface area contributed by atoms with Gasteiger partial charge in [-0.2, -0.15) is 10.2 Å². The molecule has 0 bridgehead atoms. The van der Waals surface area contributed by atoms with E-state index in [4.69, 9.17) is 16.9 Å². The number of nitrogens with one attached hydrogen (secondary N) is 2. The Morgan fingerprint density at radius 3 is 2.31 bits per heavy atom. The highest BCUT2D eigenvalue weighted by molar-refractivity contribution is 14.1. The van der Waals surface area contributed by atoms with Crippen LogP contribution in [-0.2, 0) is 0 Å². The van der Waals surface area contributed by atoms with Crippen LogP contribution in [0.25, 0.3) is 0 Å². The summed E-state index contributed by atoms with van der Waals surface area (Å²) >= 11 is 15.3. The van der Waals surface area contributed by atoms with E-state index >= 15 is 0 Å². The standard InChI is InChI=1S/C16H8Br2ClIN6/c17-11-5-9(20)6-12(18)13(11)23-16-24-15(14(19)25-26-16)22-10-3-1-8(7-21)2-4-10/h1-6H,(H2,22,23,24,26). The highest BCUT2D eigenvalue weighted by Crippen LogP contribution is 2.34. The van der Waals surface area contributed by atoms with Gasteiger partial charge in [-0.25, -0.2) is 0 Å². The molecule has 0 saturated carbocycles. The third kappa shape index (κ3) is 4.62. The molecule has 3 aromatic rings. The molecule has 130 valence electrons. The molecular formula is C16H8Br2ClIN6. The van der Waals surface area contributed by atoms with E-state index in [9.17, 15) is 0 Å². The Morgan fingerprint density at radius 1 is 1.04 bits per heavy atom. The molecule has 0 spiro atoms. The van der Waals surface area contributed by atoms with E-state index in [1.807, 2.05) is 12.1 Å². The van der Waals surface area contributed by atoms with Crippen molar-refractivity contribution in [3.05, 3.63) is 59.6 Å². The average molecular weight is 606 g/mol. The molecule has 6 nitrogen and oxygen atoms in total. The minimum atomic E-state index is 0.139. The highest BCUT2D eigenvalue weighted by Gasteiger charge is 2.12. The van der Waals surface area contributed by atoms with Crippen LogP contribution in [0.3, 0.4) is 0 Å². The van der Waals surface area contributed by atoms with Crippen LogP contribution in [0, 0.1) is 14.9 Å². The van der Waals surface area contributed by atoms with Crippen molar-refractivity contribution in [1.29, 1.82) is 5.26 Å². The Balaban J connectivity index is 1.87. The van der Waals surface area contributed by atoms with Crippen LogP contribution in [0.4, 0.5) is 23.1 Å². The summed E-state index contributed by atoms with van der Waals surface area (Å²) in [7, 11) is 0. The van der Waals surface area contributed by atoms with Crippen molar-refractivity contribution in [3.63, 3.8) is 0 Å². The number of halogens is 4. The smallest absolute Gasteiger partial charge is 0.249 e. The van der Waals surface area contributed by atoms with Gasteiger partial charge in [-0.3, -0.25) is 0 Å². The molecule has 0 radical (unpaired) electrons. The van der Waals surface area contributed by atoms with Crippen molar-refractivity contribution in [1.82, 2.24) is 15.2 Å². The molecule has 0 aliphatic carbocycles. The number of rotatable bonds is 4. The van der Waals surface area contributed by atoms with Crippen LogP contribution in [0.5, 0.6) is 0 Å². The maximum Gasteiger partial charge on any atom is 0.249 e. The molecule has 0 amide bonds. The topological polar surface area (TPSA) is 86.5 Å². The van der Waals surface area contributed by atoms with E-state index in [1.54, 1.807) is 24.3 Å². The fourth-order valence-electron chi connectivity index (χ4n) is 1.98. The molecule has 2 N–H and O–H groups in total. The molecule has 0 saturated heterocycles. The van der Waals surface area contributed by atoms with Crippen LogP contribution in [0.15, 0.2) is 45.3 Å². The van der Waals surface area contributed by atoms with Crippen molar-refractivity contribution in [3.8, 4) is 6.07 Å². The molecular weight excluding hydrogens is 598 g/mol. The Bertz CT molecular complexity index is 984. The first-order chi connectivity index (χ1) is 12.5. The lowest BCUT2D eigenvalue weighted by Crippen LogP contribution is -2.04. The summed E-state index contributed by atoms with van der Waals surface area (Å²) < 4.78 is 2.79. The van der Waals surface area contributed by atoms with Gasteiger partial charge in [0.25, 0.3) is 0 Å². The number of aromatic nitrogens is 3. The first-order valence-corrected chi connectivity index (χ1v) is 10.1. The van der Waals surface area contributed by atoms with Crippen LogP contribution in [0.1, 0.15) is 5.56 Å². The number of anilines is 4. The number of hydrogen-bond acceptors (Lipinski definition) is 6. The quantitative estimate of drug-likeness (QED) is 0.354. The molecule has 0 unspecified atom stereocenters. The third-order valence-corrected chi connectivity index (χ3v) is 5.29. The average Bonchev–Trinajstić information content (AvgIpc) is 2.61. The van der Waals surface area contributed by atoms with Crippen molar-refractivity contribution in [2.24, 2.45) is 0 Å². The van der Waals surface area contributed by atoms with Crippen LogP contribution < -0.4 is 10.6 Å². The molecule has 0 fully saturated rings. The molecule has 26 heavy (non-hydrogen) atoms. The summed E-state index contributed by atoms with van der Waals surface area (Å²) in [6, 6.07) is 12.9. The lowest BCUT2D eigenvalue weighted by Gasteiger charge is -2.12. The second-order valence-corrected chi connectivity index (χ2v) is 8.27. The zero-order chi connectivity index (χ0) is 18.7. The molecule has 1 heterocycles. The van der Waals surface area contributed by atoms with E-state index in [0.717, 1.165) is 23.9 Å². The molecule has 0 aliphatic rings. The first kappa shape index (κ1) is 19.3. The van der Waals surface area contributed by atoms with Gasteiger partial charge in [0.1, 0.15) is 0 Å². The van der Waals surface area contributed by atoms with Gasteiger partial charge in [-0.05, 0) is 90.8 Å². The molecule has 10 heteroatoms. The summed E-state index contributed by atoms with van der Waals surface area (Å²) in [6.07, 6.45) is 0. The van der Waals surface area contributed by atoms with E-state index in [2.05, 4.69) is 86.3 Å². The Labute approximate surface area is 184 Å². The fraction of sp³-hybridized carbons (Fsp3) is 0. The van der Waals surface area contributed by atoms with Gasteiger partial charge in [0.05, 0.1) is 17.3 Å². The lowest BCUT2D eigenvalue weighted by molar-refractivity contribution is 0.982. The minimum Gasteiger partial charge on any atom is -0.337 e. The maximum absolute atomic E-state index is 8.86. The maximum atomic E-state index is 8.86. The monoisotopic (exact) mass is 604 g/mol. The van der Waals surface area contributed by atoms with Crippen molar-refractivity contribution >= 4 is 89.2 Å². The fourth-order valence-corrected chi connectivity index (χ4v) is 4.97. The Morgan fingerprint density at radius 2 is 1.69 bits per heavy atom. The second-order valence-electron chi connectivity index (χ2n) is 4.96. The summed E-state index contributed by atoms with van der Waals surface area (Å²) in [5, 5.41) is 23.1. The number of hydrogen-bond donors (Lipinski definition) is 2. The number of benzene rings is 2. The lowest BCUT2D eigenvalue weighted by atomic mass is 10.2. The van der Waals surface area contributed by atoms with E-state index in [0.29, 0.717) is 11.4 Å². The summed E-state index contributed by atoms with van der Waals surface area (Å²) in [5.41, 5.74) is 2.08. The zero-order valence-corrected chi connectivity index (χ0v) is 18.9. The molecule has 0 aliphatic heterocycles. The SMILES string of the molecule is N#Cc1ccc(Nc2nc(Nc3c(Br)cc(I)cc3Br)nnc2Cl)cc1. The van der Waals surface area contributed by atoms with Crippen LogP contribution >= 0.6 is 66.1 Å². The number of nitriles is 1. The molecule has 3 rings (SSSR count). The van der Waals surface area contributed by atoms with Gasteiger partial charge >= 0.3 is 0 Å². The number of nitrogens with zero attached hydrogens (tertiary/aromatic N) is 4. The largest absolute Gasteiger partial charge is 0.337 e. The summed E-state index contributed by atoms with van der Waals surface area (Å²) in [6.45, 7) is 0. The van der Waals surface area contributed by atoms with E-state index in [-0.39, 0.29) is 11.1 Å². The molecule has 2 aromatic carbocycles. The van der Waals surface area contributed by atoms with E-state index < -0.39 is 0 Å². The van der Waals surface area contributed by atoms with Crippen LogP contribution in [-0.4, -0.2) is 15.2 Å². The normalized spacial score (nSPS) is 10.3. The summed E-state index contributed by atoms with van der Waals surface area (Å²) in [4.78, 5) is 4.37. The Kier molecular flexibility index (Phi) is 6.29. The predicted molar refractivity (Wildman–Crippen MR) is 117 cm³/mol. The van der Waals surface area contributed by atoms with Crippen molar-refractivity contribution in [2.75, 3.05) is 10.6 Å². The van der Waals surface area contributed by atoms with Gasteiger partial charge in [0.2, 0.25) is 5.95 Å². The second kappa shape index (κ2) is 8.47. The predicted octanol–water partition coefficient (Wildman–Crippen LogP) is 6.01. The molecule has 1 aromatic heterocycles. The van der Waals surface area contributed by atoms with Gasteiger partial charge in [0.15, 0.2) is 11.0 Å². The van der Waals surface area contributed by atoms with Crippen LogP contribution in [0.2, 0.25) is 5.15 Å². The van der Waals surface area contributed by atoms with Gasteiger partial charge in [0, 0.05) is 18.2 Å². The van der Waals surface area contributed by atoms with Gasteiger partial charge < -0.3 is 10.6 Å². The highest BCUT2D eigenvalue weighted by atomic mass is 127. The first-order valence-electron chi connectivity index (χ1n) is 7.05. The van der Waals surface area contributed by atoms with E-state index in [1.165, 1.54) is 0 Å². The van der Waals surface area contributed by atoms with Crippen molar-refractivity contribution < 1.29 is 0 Å². The summed E-state index contributed by atoms with van der Waals surface area (Å²) in [5.74, 6) is 0.639. The van der Waals surface area contributed by atoms with Gasteiger partial charge in [-0.15, -0.1) is 10.2 Å². The minimum absolute atomic E-state index is 0.139. The third-order valence-electron chi connectivity index (χ3n) is 3.17.